The molecule has 0 spiro atoms. The minimum absolute atomic E-state index is 0.109. The van der Waals surface area contributed by atoms with E-state index in [0.29, 0.717) is 5.92 Å². The summed E-state index contributed by atoms with van der Waals surface area (Å²) in [4.78, 5) is 17.2. The topological polar surface area (TPSA) is 23.6 Å². The minimum Gasteiger partial charge on any atom is -0.344 e. The Bertz CT molecular complexity index is 440. The molecule has 0 aromatic heterocycles. The highest BCUT2D eigenvalue weighted by Crippen LogP contribution is 2.27. The van der Waals surface area contributed by atoms with Crippen LogP contribution in [0.25, 0.3) is 0 Å². The summed E-state index contributed by atoms with van der Waals surface area (Å²) >= 11 is 0. The highest BCUT2D eigenvalue weighted by Gasteiger charge is 2.31. The van der Waals surface area contributed by atoms with Gasteiger partial charge in [-0.3, -0.25) is 9.69 Å². The summed E-state index contributed by atoms with van der Waals surface area (Å²) < 4.78 is 0. The van der Waals surface area contributed by atoms with Gasteiger partial charge in [-0.15, -0.1) is 0 Å². The monoisotopic (exact) mass is 288 g/mol. The van der Waals surface area contributed by atoms with Crippen molar-refractivity contribution in [1.29, 1.82) is 0 Å². The smallest absolute Gasteiger partial charge is 0.244 e. The number of nitrogens with zero attached hydrogens (tertiary/aromatic N) is 2. The third-order valence-electron chi connectivity index (χ3n) is 4.51. The lowest BCUT2D eigenvalue weighted by Crippen LogP contribution is -2.41. The predicted octanol–water partition coefficient (Wildman–Crippen LogP) is 3.33. The summed E-state index contributed by atoms with van der Waals surface area (Å²) in [5, 5.41) is 0. The van der Waals surface area contributed by atoms with Crippen molar-refractivity contribution in [2.24, 2.45) is 5.92 Å². The van der Waals surface area contributed by atoms with Crippen LogP contribution >= 0.6 is 0 Å². The number of carbonyl (C=O) groups excluding carboxylic acids is 1. The molecule has 1 heterocycles. The lowest BCUT2D eigenvalue weighted by atomic mass is 10.0. The Balaban J connectivity index is 2.16. The fraction of sp³-hybridized carbons (Fsp3) is 0.611. The zero-order valence-electron chi connectivity index (χ0n) is 13.6. The summed E-state index contributed by atoms with van der Waals surface area (Å²) in [7, 11) is 1.94. The normalized spacial score (nSPS) is 18.4. The predicted molar refractivity (Wildman–Crippen MR) is 87.1 cm³/mol. The molecule has 1 aromatic carbocycles. The van der Waals surface area contributed by atoms with Gasteiger partial charge in [0.05, 0.1) is 0 Å². The molecule has 2 atom stereocenters. The second kappa shape index (κ2) is 7.60. The molecule has 0 N–H and O–H groups in total. The molecule has 2 unspecified atom stereocenters. The molecule has 1 aliphatic heterocycles. The van der Waals surface area contributed by atoms with E-state index in [2.05, 4.69) is 30.9 Å². The van der Waals surface area contributed by atoms with Gasteiger partial charge >= 0.3 is 0 Å². The van der Waals surface area contributed by atoms with Gasteiger partial charge in [0.1, 0.15) is 6.04 Å². The lowest BCUT2D eigenvalue weighted by molar-refractivity contribution is -0.136. The second-order valence-corrected chi connectivity index (χ2v) is 6.29. The fourth-order valence-corrected chi connectivity index (χ4v) is 3.04. The number of hydrogen-bond donors (Lipinski definition) is 0. The van der Waals surface area contributed by atoms with Crippen LogP contribution in [0.15, 0.2) is 30.3 Å². The maximum Gasteiger partial charge on any atom is 0.244 e. The van der Waals surface area contributed by atoms with Gasteiger partial charge in [-0.05, 0) is 37.4 Å². The SMILES string of the molecule is CCC(C)CN(C)C(=O)C(c1ccccc1)N1CCCC1. The molecule has 2 rings (SSSR count). The molecule has 0 radical (unpaired) electrons. The maximum atomic E-state index is 13.0. The summed E-state index contributed by atoms with van der Waals surface area (Å²) in [6, 6.07) is 10.1. The first kappa shape index (κ1) is 16.0. The number of likely N-dealkylation sites (N-methyl/N-ethyl adjacent to an activating group) is 1. The van der Waals surface area contributed by atoms with Crippen LogP contribution in [0.3, 0.4) is 0 Å². The molecule has 1 fully saturated rings. The average Bonchev–Trinajstić information content (AvgIpc) is 3.02. The molecule has 1 amide bonds. The number of amides is 1. The van der Waals surface area contributed by atoms with Crippen LogP contribution in [-0.4, -0.2) is 42.4 Å². The molecule has 3 nitrogen and oxygen atoms in total. The van der Waals surface area contributed by atoms with Crippen LogP contribution in [0.4, 0.5) is 0 Å². The summed E-state index contributed by atoms with van der Waals surface area (Å²) in [5.41, 5.74) is 1.13. The zero-order valence-corrected chi connectivity index (χ0v) is 13.6. The third kappa shape index (κ3) is 4.07. The van der Waals surface area contributed by atoms with Gasteiger partial charge in [0.2, 0.25) is 5.91 Å². The van der Waals surface area contributed by atoms with Gasteiger partial charge in [-0.25, -0.2) is 0 Å². The molecule has 3 heteroatoms. The maximum absolute atomic E-state index is 13.0. The van der Waals surface area contributed by atoms with Crippen molar-refractivity contribution in [1.82, 2.24) is 9.80 Å². The first-order valence-electron chi connectivity index (χ1n) is 8.17. The Morgan fingerprint density at radius 2 is 1.86 bits per heavy atom. The van der Waals surface area contributed by atoms with Crippen LogP contribution in [0.1, 0.15) is 44.7 Å². The first-order valence-corrected chi connectivity index (χ1v) is 8.17. The van der Waals surface area contributed by atoms with Crippen molar-refractivity contribution < 1.29 is 4.79 Å². The fourth-order valence-electron chi connectivity index (χ4n) is 3.04. The first-order chi connectivity index (χ1) is 10.1. The van der Waals surface area contributed by atoms with E-state index in [0.717, 1.165) is 31.6 Å². The molecule has 1 aromatic rings. The van der Waals surface area contributed by atoms with E-state index in [4.69, 9.17) is 0 Å². The van der Waals surface area contributed by atoms with Gasteiger partial charge in [0.25, 0.3) is 0 Å². The van der Waals surface area contributed by atoms with Crippen LogP contribution < -0.4 is 0 Å². The molecule has 1 aliphatic rings. The molecule has 116 valence electrons. The highest BCUT2D eigenvalue weighted by atomic mass is 16.2. The summed E-state index contributed by atoms with van der Waals surface area (Å²) in [5.74, 6) is 0.789. The van der Waals surface area contributed by atoms with Crippen molar-refractivity contribution >= 4 is 5.91 Å². The molecule has 0 saturated carbocycles. The van der Waals surface area contributed by atoms with E-state index < -0.39 is 0 Å². The average molecular weight is 288 g/mol. The van der Waals surface area contributed by atoms with Crippen molar-refractivity contribution in [3.05, 3.63) is 35.9 Å². The van der Waals surface area contributed by atoms with E-state index in [1.807, 2.05) is 30.1 Å². The Hall–Kier alpha value is -1.35. The van der Waals surface area contributed by atoms with E-state index in [-0.39, 0.29) is 11.9 Å². The number of rotatable bonds is 6. The van der Waals surface area contributed by atoms with Crippen molar-refractivity contribution in [2.45, 2.75) is 39.2 Å². The van der Waals surface area contributed by atoms with Crippen molar-refractivity contribution in [3.8, 4) is 0 Å². The number of hydrogen-bond acceptors (Lipinski definition) is 2. The number of benzene rings is 1. The largest absolute Gasteiger partial charge is 0.344 e. The van der Waals surface area contributed by atoms with E-state index in [1.54, 1.807) is 0 Å². The van der Waals surface area contributed by atoms with Crippen molar-refractivity contribution in [3.63, 3.8) is 0 Å². The molecular weight excluding hydrogens is 260 g/mol. The van der Waals surface area contributed by atoms with Gasteiger partial charge in [-0.1, -0.05) is 50.6 Å². The summed E-state index contributed by atoms with van der Waals surface area (Å²) in [6.07, 6.45) is 3.51. The van der Waals surface area contributed by atoms with Gasteiger partial charge < -0.3 is 4.90 Å². The van der Waals surface area contributed by atoms with Crippen LogP contribution in [0, 0.1) is 5.92 Å². The second-order valence-electron chi connectivity index (χ2n) is 6.29. The van der Waals surface area contributed by atoms with Crippen LogP contribution in [-0.2, 0) is 4.79 Å². The Kier molecular flexibility index (Phi) is 5.80. The Morgan fingerprint density at radius 1 is 1.24 bits per heavy atom. The molecule has 0 aliphatic carbocycles. The number of likely N-dealkylation sites (tertiary alicyclic amines) is 1. The quantitative estimate of drug-likeness (QED) is 0.801. The Morgan fingerprint density at radius 3 is 2.43 bits per heavy atom. The summed E-state index contributed by atoms with van der Waals surface area (Å²) in [6.45, 7) is 7.28. The Labute approximate surface area is 128 Å². The number of carbonyl (C=O) groups is 1. The molecule has 1 saturated heterocycles. The van der Waals surface area contributed by atoms with Crippen LogP contribution in [0.2, 0.25) is 0 Å². The van der Waals surface area contributed by atoms with Crippen molar-refractivity contribution in [2.75, 3.05) is 26.7 Å². The third-order valence-corrected chi connectivity index (χ3v) is 4.51. The van der Waals surface area contributed by atoms with Crippen LogP contribution in [0.5, 0.6) is 0 Å². The molecule has 0 bridgehead atoms. The highest BCUT2D eigenvalue weighted by molar-refractivity contribution is 5.83. The van der Waals surface area contributed by atoms with Gasteiger partial charge in [-0.2, -0.15) is 0 Å². The van der Waals surface area contributed by atoms with E-state index >= 15 is 0 Å². The zero-order chi connectivity index (χ0) is 15.2. The van der Waals surface area contributed by atoms with Gasteiger partial charge in [0, 0.05) is 13.6 Å². The van der Waals surface area contributed by atoms with Gasteiger partial charge in [0.15, 0.2) is 0 Å². The molecular formula is C18H28N2O. The minimum atomic E-state index is -0.109. The molecule has 21 heavy (non-hydrogen) atoms. The van der Waals surface area contributed by atoms with E-state index in [1.165, 1.54) is 12.8 Å². The van der Waals surface area contributed by atoms with E-state index in [9.17, 15) is 4.79 Å². The lowest BCUT2D eigenvalue weighted by Gasteiger charge is -2.31. The standard InChI is InChI=1S/C18H28N2O/c1-4-15(2)14-19(3)18(21)17(20-12-8-9-13-20)16-10-6-5-7-11-16/h5-7,10-11,15,17H,4,8-9,12-14H2,1-3H3.